The highest BCUT2D eigenvalue weighted by atomic mass is 16.6. The highest BCUT2D eigenvalue weighted by Crippen LogP contribution is 2.49. The average molecular weight is 389 g/mol. The van der Waals surface area contributed by atoms with Crippen molar-refractivity contribution in [3.8, 4) is 0 Å². The highest BCUT2D eigenvalue weighted by molar-refractivity contribution is 5.98. The molecule has 0 saturated carbocycles. The van der Waals surface area contributed by atoms with E-state index in [1.165, 1.54) is 6.08 Å². The Balaban J connectivity index is 4.09. The number of rotatable bonds is 7. The lowest BCUT2D eigenvalue weighted by Crippen LogP contribution is -2.69. The van der Waals surface area contributed by atoms with Gasteiger partial charge in [0.05, 0.1) is 20.5 Å². The molecule has 0 amide bonds. The number of cyclic esters (lactones) is 1. The van der Waals surface area contributed by atoms with E-state index in [1.54, 1.807) is 55.5 Å². The first-order valence-corrected chi connectivity index (χ1v) is 9.55. The predicted octanol–water partition coefficient (Wildman–Crippen LogP) is 3.48. The van der Waals surface area contributed by atoms with Crippen molar-refractivity contribution in [3.05, 3.63) is 61.3 Å². The van der Waals surface area contributed by atoms with E-state index in [2.05, 4.69) is 6.58 Å². The molecule has 1 aliphatic rings. The molecule has 1 fully saturated rings. The maximum Gasteiger partial charge on any atom is 0.347 e. The molecular weight excluding hydrogens is 354 g/mol. The van der Waals surface area contributed by atoms with Crippen molar-refractivity contribution in [2.75, 3.05) is 20.6 Å². The summed E-state index contributed by atoms with van der Waals surface area (Å²) in [6.45, 7) is 11.4. The molecule has 0 aromatic rings. The van der Waals surface area contributed by atoms with E-state index in [9.17, 15) is 14.7 Å². The number of ketones is 1. The van der Waals surface area contributed by atoms with E-state index in [0.29, 0.717) is 6.54 Å². The number of quaternary nitrogens is 1. The number of esters is 1. The van der Waals surface area contributed by atoms with Crippen LogP contribution in [0.1, 0.15) is 34.1 Å². The van der Waals surface area contributed by atoms with Crippen molar-refractivity contribution < 1.29 is 23.9 Å². The lowest BCUT2D eigenvalue weighted by molar-refractivity contribution is -0.957. The molecule has 1 N–H and O–H groups in total. The molecule has 1 aliphatic heterocycles. The Bertz CT molecular complexity index is 717. The first kappa shape index (κ1) is 23.8. The molecule has 154 valence electrons. The Morgan fingerprint density at radius 1 is 1.00 bits per heavy atom. The molecule has 1 rings (SSSR count). The molecule has 0 radical (unpaired) electrons. The zero-order valence-corrected chi connectivity index (χ0v) is 17.9. The van der Waals surface area contributed by atoms with Crippen LogP contribution < -0.4 is 0 Å². The summed E-state index contributed by atoms with van der Waals surface area (Å²) >= 11 is 0. The van der Waals surface area contributed by atoms with Crippen LogP contribution in [0.4, 0.5) is 0 Å². The van der Waals surface area contributed by atoms with E-state index in [-0.39, 0.29) is 16.7 Å². The van der Waals surface area contributed by atoms with Gasteiger partial charge in [-0.05, 0) is 39.8 Å². The molecule has 1 saturated heterocycles. The second kappa shape index (κ2) is 8.84. The maximum absolute atomic E-state index is 13.7. The summed E-state index contributed by atoms with van der Waals surface area (Å²) in [5.74, 6) is -1.15. The fourth-order valence-electron chi connectivity index (χ4n) is 4.07. The summed E-state index contributed by atoms with van der Waals surface area (Å²) < 4.78 is 6.21. The van der Waals surface area contributed by atoms with Gasteiger partial charge in [-0.2, -0.15) is 0 Å². The standard InChI is InChI=1S/C23H34NO4/c1-8-13-21(14-9-2)19(25)18-22(27,15-10-3)20(26)28-23(21,16-11-4)24(6,7)17-12-5/h8-16,27H,5,17-18H2,1-4,6-7H3/q+1. The predicted molar refractivity (Wildman–Crippen MR) is 112 cm³/mol. The Morgan fingerprint density at radius 2 is 1.50 bits per heavy atom. The third-order valence-electron chi connectivity index (χ3n) is 5.26. The third kappa shape index (κ3) is 3.69. The van der Waals surface area contributed by atoms with Crippen LogP contribution in [0.2, 0.25) is 0 Å². The van der Waals surface area contributed by atoms with Crippen molar-refractivity contribution in [1.82, 2.24) is 0 Å². The molecule has 28 heavy (non-hydrogen) atoms. The second-order valence-electron chi connectivity index (χ2n) is 7.64. The Morgan fingerprint density at radius 3 is 1.93 bits per heavy atom. The maximum atomic E-state index is 13.7. The number of hydrogen-bond donors (Lipinski definition) is 1. The molecule has 0 aromatic heterocycles. The van der Waals surface area contributed by atoms with Gasteiger partial charge in [0, 0.05) is 6.08 Å². The van der Waals surface area contributed by atoms with Crippen LogP contribution in [0.15, 0.2) is 61.3 Å². The van der Waals surface area contributed by atoms with Crippen LogP contribution in [0, 0.1) is 5.41 Å². The monoisotopic (exact) mass is 388 g/mol. The molecule has 0 bridgehead atoms. The van der Waals surface area contributed by atoms with Crippen molar-refractivity contribution in [2.45, 2.75) is 45.4 Å². The van der Waals surface area contributed by atoms with Gasteiger partial charge in [0.2, 0.25) is 0 Å². The third-order valence-corrected chi connectivity index (χ3v) is 5.26. The van der Waals surface area contributed by atoms with Gasteiger partial charge in [-0.3, -0.25) is 9.28 Å². The normalized spacial score (nSPS) is 32.5. The number of aliphatic hydroxyl groups is 1. The fourth-order valence-corrected chi connectivity index (χ4v) is 4.07. The number of ether oxygens (including phenoxy) is 1. The van der Waals surface area contributed by atoms with E-state index in [4.69, 9.17) is 4.74 Å². The average Bonchev–Trinajstić information content (AvgIpc) is 2.65. The SMILES string of the molecule is C=CC[N+](C)(C)C1(C=CC)OC(=O)C(O)(C=CC)CC(=O)C1(C=CC)C=CC. The van der Waals surface area contributed by atoms with Crippen molar-refractivity contribution in [2.24, 2.45) is 5.41 Å². The van der Waals surface area contributed by atoms with Crippen LogP contribution >= 0.6 is 0 Å². The zero-order valence-electron chi connectivity index (χ0n) is 17.9. The Kier molecular flexibility index (Phi) is 7.52. The lowest BCUT2D eigenvalue weighted by atomic mass is 9.69. The van der Waals surface area contributed by atoms with E-state index < -0.39 is 22.7 Å². The van der Waals surface area contributed by atoms with Crippen molar-refractivity contribution >= 4 is 11.8 Å². The molecule has 0 aliphatic carbocycles. The number of carbonyl (C=O) groups is 2. The molecule has 1 heterocycles. The minimum Gasteiger partial charge on any atom is -0.402 e. The largest absolute Gasteiger partial charge is 0.402 e. The van der Waals surface area contributed by atoms with Gasteiger partial charge in [-0.15, -0.1) is 0 Å². The van der Waals surface area contributed by atoms with E-state index >= 15 is 0 Å². The second-order valence-corrected chi connectivity index (χ2v) is 7.64. The first-order valence-electron chi connectivity index (χ1n) is 9.55. The summed E-state index contributed by atoms with van der Waals surface area (Å²) in [7, 11) is 3.76. The van der Waals surface area contributed by atoms with Gasteiger partial charge in [0.1, 0.15) is 6.54 Å². The topological polar surface area (TPSA) is 63.6 Å². The first-order chi connectivity index (χ1) is 13.1. The number of hydrogen-bond acceptors (Lipinski definition) is 4. The summed E-state index contributed by atoms with van der Waals surface area (Å²) in [5, 5.41) is 11.0. The molecule has 5 nitrogen and oxygen atoms in total. The van der Waals surface area contributed by atoms with Gasteiger partial charge in [-0.25, -0.2) is 4.79 Å². The minimum atomic E-state index is -2.02. The van der Waals surface area contributed by atoms with E-state index in [1.807, 2.05) is 34.9 Å². The summed E-state index contributed by atoms with van der Waals surface area (Å²) in [4.78, 5) is 26.8. The zero-order chi connectivity index (χ0) is 21.6. The number of allylic oxidation sites excluding steroid dienone is 4. The van der Waals surface area contributed by atoms with Gasteiger partial charge in [-0.1, -0.05) is 43.0 Å². The Labute approximate surface area is 169 Å². The number of Topliss-reactive ketones (excluding diaryl/α,β-unsaturated/α-hetero) is 1. The highest BCUT2D eigenvalue weighted by Gasteiger charge is 2.68. The lowest BCUT2D eigenvalue weighted by Gasteiger charge is -2.51. The van der Waals surface area contributed by atoms with Gasteiger partial charge in [0.25, 0.3) is 5.72 Å². The van der Waals surface area contributed by atoms with Crippen LogP contribution in [0.3, 0.4) is 0 Å². The summed E-state index contributed by atoms with van der Waals surface area (Å²) in [5.41, 5.74) is -4.72. The quantitative estimate of drug-likeness (QED) is 0.412. The molecule has 0 aromatic carbocycles. The van der Waals surface area contributed by atoms with Gasteiger partial charge >= 0.3 is 5.97 Å². The van der Waals surface area contributed by atoms with Gasteiger partial charge in [0.15, 0.2) is 16.8 Å². The number of carbonyl (C=O) groups excluding carboxylic acids is 2. The molecule has 2 unspecified atom stereocenters. The van der Waals surface area contributed by atoms with Gasteiger partial charge < -0.3 is 9.84 Å². The minimum absolute atomic E-state index is 0.124. The molecular formula is C23H34NO4+. The fraction of sp³-hybridized carbons (Fsp3) is 0.478. The number of likely N-dealkylation sites (N-methyl/N-ethyl adjacent to an activating group) is 1. The smallest absolute Gasteiger partial charge is 0.347 e. The van der Waals surface area contributed by atoms with E-state index in [0.717, 1.165) is 0 Å². The molecule has 5 heteroatoms. The van der Waals surface area contributed by atoms with Crippen LogP contribution in [0.5, 0.6) is 0 Å². The van der Waals surface area contributed by atoms with Crippen molar-refractivity contribution in [1.29, 1.82) is 0 Å². The summed E-state index contributed by atoms with van der Waals surface area (Å²) in [6.07, 6.45) is 14.8. The Hall–Kier alpha value is -2.24. The van der Waals surface area contributed by atoms with Crippen LogP contribution in [-0.4, -0.2) is 53.3 Å². The molecule has 2 atom stereocenters. The number of nitrogens with zero attached hydrogens (tertiary/aromatic N) is 1. The molecule has 0 spiro atoms. The van der Waals surface area contributed by atoms with Crippen LogP contribution in [0.25, 0.3) is 0 Å². The van der Waals surface area contributed by atoms with Crippen LogP contribution in [-0.2, 0) is 14.3 Å². The summed E-state index contributed by atoms with van der Waals surface area (Å²) in [6, 6.07) is 0. The van der Waals surface area contributed by atoms with Crippen molar-refractivity contribution in [3.63, 3.8) is 0 Å².